The van der Waals surface area contributed by atoms with E-state index < -0.39 is 0 Å². The number of fused-ring (bicyclic) bond motifs is 1. The molecule has 0 saturated carbocycles. The molecule has 9 nitrogen and oxygen atoms in total. The maximum Gasteiger partial charge on any atom is 0.272 e. The highest BCUT2D eigenvalue weighted by molar-refractivity contribution is 7.20. The van der Waals surface area contributed by atoms with Gasteiger partial charge in [0.1, 0.15) is 11.4 Å². The van der Waals surface area contributed by atoms with Gasteiger partial charge in [-0.1, -0.05) is 35.1 Å². The zero-order chi connectivity index (χ0) is 24.0. The summed E-state index contributed by atoms with van der Waals surface area (Å²) in [4.78, 5) is 22.7. The molecule has 1 amide bonds. The van der Waals surface area contributed by atoms with Crippen molar-refractivity contribution in [3.63, 3.8) is 0 Å². The Labute approximate surface area is 203 Å². The van der Waals surface area contributed by atoms with Crippen molar-refractivity contribution in [1.29, 1.82) is 0 Å². The van der Waals surface area contributed by atoms with Gasteiger partial charge in [0.15, 0.2) is 5.82 Å². The van der Waals surface area contributed by atoms with E-state index >= 15 is 0 Å². The number of imidazole rings is 1. The van der Waals surface area contributed by atoms with Gasteiger partial charge in [-0.2, -0.15) is 9.61 Å². The Morgan fingerprint density at radius 2 is 1.88 bits per heavy atom. The molecular formula is C24H30N8OS. The first-order chi connectivity index (χ1) is 16.2. The minimum absolute atomic E-state index is 0.0213. The molecule has 1 aliphatic rings. The van der Waals surface area contributed by atoms with Crippen LogP contribution in [0.2, 0.25) is 0 Å². The van der Waals surface area contributed by atoms with Gasteiger partial charge in [0.2, 0.25) is 10.1 Å². The number of hydrogen-bond acceptors (Lipinski definition) is 7. The van der Waals surface area contributed by atoms with E-state index in [1.807, 2.05) is 9.42 Å². The number of carbonyl (C=O) groups is 1. The molecule has 3 aromatic heterocycles. The van der Waals surface area contributed by atoms with E-state index in [4.69, 9.17) is 10.1 Å². The topological polar surface area (TPSA) is 83.6 Å². The highest BCUT2D eigenvalue weighted by atomic mass is 32.1. The van der Waals surface area contributed by atoms with Crippen LogP contribution in [0.1, 0.15) is 36.8 Å². The van der Waals surface area contributed by atoms with Crippen LogP contribution in [0.15, 0.2) is 36.5 Å². The maximum atomic E-state index is 12.8. The van der Waals surface area contributed by atoms with Crippen molar-refractivity contribution in [2.45, 2.75) is 33.2 Å². The van der Waals surface area contributed by atoms with E-state index in [2.05, 4.69) is 67.3 Å². The van der Waals surface area contributed by atoms with Gasteiger partial charge >= 0.3 is 0 Å². The smallest absolute Gasteiger partial charge is 0.272 e. The number of aromatic nitrogens is 5. The van der Waals surface area contributed by atoms with E-state index in [-0.39, 0.29) is 11.4 Å². The van der Waals surface area contributed by atoms with Crippen molar-refractivity contribution in [3.05, 3.63) is 47.8 Å². The van der Waals surface area contributed by atoms with Gasteiger partial charge in [0, 0.05) is 50.5 Å². The van der Waals surface area contributed by atoms with Crippen LogP contribution in [0.25, 0.3) is 16.2 Å². The molecule has 4 aromatic rings. The summed E-state index contributed by atoms with van der Waals surface area (Å²) < 4.78 is 3.55. The Balaban J connectivity index is 1.40. The van der Waals surface area contributed by atoms with Crippen LogP contribution < -0.4 is 10.2 Å². The molecule has 1 aliphatic heterocycles. The molecule has 1 saturated heterocycles. The molecule has 0 bridgehead atoms. The fraction of sp³-hybridized carbons (Fsp3) is 0.417. The van der Waals surface area contributed by atoms with Crippen molar-refractivity contribution >= 4 is 33.2 Å². The van der Waals surface area contributed by atoms with Crippen LogP contribution in [-0.4, -0.2) is 66.9 Å². The lowest BCUT2D eigenvalue weighted by Crippen LogP contribution is -2.49. The number of aryl methyl sites for hydroxylation is 2. The minimum atomic E-state index is -0.143. The van der Waals surface area contributed by atoms with Crippen LogP contribution in [0.4, 0.5) is 10.9 Å². The third-order valence-electron chi connectivity index (χ3n) is 5.86. The summed E-state index contributed by atoms with van der Waals surface area (Å²) in [6, 6.07) is 10.2. The van der Waals surface area contributed by atoms with Crippen LogP contribution in [0.5, 0.6) is 0 Å². The number of nitrogens with one attached hydrogen (secondary N) is 1. The zero-order valence-electron chi connectivity index (χ0n) is 20.2. The standard InChI is InChI=1S/C24H30N8OS/c1-16-7-6-8-17(15-16)19-20(27-24(2,3)4)32-22(26-19)34-23(28-32)31-13-11-30(12-14-31)21(33)18-9-10-25-29(18)5/h6-10,15,27H,11-14H2,1-5H3. The Bertz CT molecular complexity index is 1340. The average molecular weight is 479 g/mol. The summed E-state index contributed by atoms with van der Waals surface area (Å²) >= 11 is 1.58. The highest BCUT2D eigenvalue weighted by Gasteiger charge is 2.27. The van der Waals surface area contributed by atoms with Crippen molar-refractivity contribution < 1.29 is 4.79 Å². The fourth-order valence-electron chi connectivity index (χ4n) is 4.17. The molecule has 0 aliphatic carbocycles. The molecule has 1 N–H and O–H groups in total. The van der Waals surface area contributed by atoms with Crippen LogP contribution >= 0.6 is 11.3 Å². The minimum Gasteiger partial charge on any atom is -0.364 e. The number of piperazine rings is 1. The van der Waals surface area contributed by atoms with Crippen molar-refractivity contribution in [2.75, 3.05) is 36.4 Å². The fourth-order valence-corrected chi connectivity index (χ4v) is 5.13. The average Bonchev–Trinajstić information content (AvgIpc) is 3.48. The summed E-state index contributed by atoms with van der Waals surface area (Å²) in [5.74, 6) is 0.925. The molecular weight excluding hydrogens is 448 g/mol. The highest BCUT2D eigenvalue weighted by Crippen LogP contribution is 2.35. The molecule has 4 heterocycles. The molecule has 5 rings (SSSR count). The maximum absolute atomic E-state index is 12.8. The first-order valence-electron chi connectivity index (χ1n) is 11.5. The largest absolute Gasteiger partial charge is 0.364 e. The van der Waals surface area contributed by atoms with E-state index in [0.29, 0.717) is 18.8 Å². The van der Waals surface area contributed by atoms with Crippen LogP contribution in [0.3, 0.4) is 0 Å². The second-order valence-electron chi connectivity index (χ2n) is 9.75. The first-order valence-corrected chi connectivity index (χ1v) is 12.3. The molecule has 10 heteroatoms. The Kier molecular flexibility index (Phi) is 5.55. The van der Waals surface area contributed by atoms with E-state index in [0.717, 1.165) is 40.3 Å². The number of hydrogen-bond donors (Lipinski definition) is 1. The molecule has 0 atom stereocenters. The van der Waals surface area contributed by atoms with Gasteiger partial charge in [-0.25, -0.2) is 4.98 Å². The monoisotopic (exact) mass is 478 g/mol. The van der Waals surface area contributed by atoms with E-state index in [9.17, 15) is 4.79 Å². The SMILES string of the molecule is Cc1cccc(-c2nc3sc(N4CCN(C(=O)c5ccnn5C)CC4)nn3c2NC(C)(C)C)c1. The molecule has 0 unspecified atom stereocenters. The predicted octanol–water partition coefficient (Wildman–Crippen LogP) is 3.67. The summed E-state index contributed by atoms with van der Waals surface area (Å²) in [6.07, 6.45) is 1.66. The normalized spacial score (nSPS) is 14.7. The molecule has 0 spiro atoms. The lowest BCUT2D eigenvalue weighted by molar-refractivity contribution is 0.0735. The Hall–Kier alpha value is -3.40. The van der Waals surface area contributed by atoms with Crippen molar-refractivity contribution in [3.8, 4) is 11.3 Å². The Morgan fingerprint density at radius 3 is 2.53 bits per heavy atom. The second-order valence-corrected chi connectivity index (χ2v) is 10.7. The summed E-state index contributed by atoms with van der Waals surface area (Å²) in [6.45, 7) is 11.3. The molecule has 178 valence electrons. The number of benzene rings is 1. The third kappa shape index (κ3) is 4.25. The van der Waals surface area contributed by atoms with Gasteiger partial charge in [-0.05, 0) is 39.8 Å². The number of nitrogens with zero attached hydrogens (tertiary/aromatic N) is 7. The molecule has 0 radical (unpaired) electrons. The van der Waals surface area contributed by atoms with Gasteiger partial charge in [0.05, 0.1) is 0 Å². The molecule has 1 aromatic carbocycles. The summed E-state index contributed by atoms with van der Waals surface area (Å²) in [5, 5.41) is 13.6. The number of anilines is 2. The van der Waals surface area contributed by atoms with Crippen molar-refractivity contribution in [1.82, 2.24) is 29.3 Å². The number of carbonyl (C=O) groups excluding carboxylic acids is 1. The van der Waals surface area contributed by atoms with Gasteiger partial charge in [-0.3, -0.25) is 9.48 Å². The number of amides is 1. The molecule has 34 heavy (non-hydrogen) atoms. The lowest BCUT2D eigenvalue weighted by atomic mass is 10.1. The van der Waals surface area contributed by atoms with Crippen LogP contribution in [0, 0.1) is 6.92 Å². The quantitative estimate of drug-likeness (QED) is 0.482. The zero-order valence-corrected chi connectivity index (χ0v) is 21.1. The predicted molar refractivity (Wildman–Crippen MR) is 136 cm³/mol. The molecule has 1 fully saturated rings. The van der Waals surface area contributed by atoms with E-state index in [1.165, 1.54) is 5.56 Å². The third-order valence-corrected chi connectivity index (χ3v) is 6.82. The Morgan fingerprint density at radius 1 is 1.12 bits per heavy atom. The van der Waals surface area contributed by atoms with E-state index in [1.54, 1.807) is 35.3 Å². The summed E-state index contributed by atoms with van der Waals surface area (Å²) in [7, 11) is 1.79. The summed E-state index contributed by atoms with van der Waals surface area (Å²) in [5.41, 5.74) is 3.66. The number of rotatable bonds is 4. The lowest BCUT2D eigenvalue weighted by Gasteiger charge is -2.34. The van der Waals surface area contributed by atoms with Gasteiger partial charge in [-0.15, -0.1) is 5.10 Å². The van der Waals surface area contributed by atoms with Gasteiger partial charge in [0.25, 0.3) is 5.91 Å². The first kappa shape index (κ1) is 22.4. The van der Waals surface area contributed by atoms with Crippen molar-refractivity contribution in [2.24, 2.45) is 7.05 Å². The van der Waals surface area contributed by atoms with Crippen LogP contribution in [-0.2, 0) is 7.05 Å². The van der Waals surface area contributed by atoms with Gasteiger partial charge < -0.3 is 15.1 Å². The second kappa shape index (κ2) is 8.43.